The van der Waals surface area contributed by atoms with Crippen LogP contribution in [0.25, 0.3) is 10.6 Å². The van der Waals surface area contributed by atoms with E-state index in [-0.39, 0.29) is 6.04 Å². The first-order valence-electron chi connectivity index (χ1n) is 6.36. The zero-order valence-electron chi connectivity index (χ0n) is 11.2. The van der Waals surface area contributed by atoms with Crippen LogP contribution in [0.5, 0.6) is 0 Å². The normalized spacial score (nSPS) is 12.9. The minimum absolute atomic E-state index is 0.170. The van der Waals surface area contributed by atoms with E-state index in [4.69, 9.17) is 5.73 Å². The Bertz CT molecular complexity index is 497. The second-order valence-electron chi connectivity index (χ2n) is 5.10. The number of rotatable bonds is 4. The molecule has 2 rings (SSSR count). The Kier molecular flexibility index (Phi) is 4.15. The lowest BCUT2D eigenvalue weighted by Gasteiger charge is -2.05. The number of thiazole rings is 1. The van der Waals surface area contributed by atoms with Gasteiger partial charge in [0, 0.05) is 23.4 Å². The fraction of sp³-hybridized carbons (Fsp3) is 0.400. The van der Waals surface area contributed by atoms with Crippen LogP contribution in [0, 0.1) is 0 Å². The van der Waals surface area contributed by atoms with E-state index in [1.54, 1.807) is 11.3 Å². The maximum absolute atomic E-state index is 5.79. The molecule has 1 unspecified atom stereocenters. The highest BCUT2D eigenvalue weighted by molar-refractivity contribution is 7.13. The molecule has 0 spiro atoms. The summed E-state index contributed by atoms with van der Waals surface area (Å²) in [5.74, 6) is 0.573. The molecular formula is C15H20N2S. The highest BCUT2D eigenvalue weighted by atomic mass is 32.1. The average Bonchev–Trinajstić information content (AvgIpc) is 2.76. The quantitative estimate of drug-likeness (QED) is 0.907. The largest absolute Gasteiger partial charge is 0.328 e. The number of benzene rings is 1. The molecule has 1 atom stereocenters. The van der Waals surface area contributed by atoms with E-state index in [0.717, 1.165) is 17.1 Å². The second kappa shape index (κ2) is 5.63. The van der Waals surface area contributed by atoms with Crippen LogP contribution in [-0.4, -0.2) is 11.0 Å². The van der Waals surface area contributed by atoms with Crippen molar-refractivity contribution in [2.75, 3.05) is 0 Å². The molecule has 2 N–H and O–H groups in total. The number of nitrogens with zero attached hydrogens (tertiary/aromatic N) is 1. The molecule has 0 amide bonds. The van der Waals surface area contributed by atoms with E-state index in [1.807, 2.05) is 6.92 Å². The first-order valence-corrected chi connectivity index (χ1v) is 7.24. The summed E-state index contributed by atoms with van der Waals surface area (Å²) in [6.45, 7) is 6.43. The van der Waals surface area contributed by atoms with Gasteiger partial charge in [0.25, 0.3) is 0 Å². The highest BCUT2D eigenvalue weighted by Gasteiger charge is 2.07. The molecule has 3 heteroatoms. The topological polar surface area (TPSA) is 38.9 Å². The van der Waals surface area contributed by atoms with Gasteiger partial charge < -0.3 is 5.73 Å². The Morgan fingerprint density at radius 2 is 1.83 bits per heavy atom. The summed E-state index contributed by atoms with van der Waals surface area (Å²) in [6.07, 6.45) is 0.848. The van der Waals surface area contributed by atoms with Crippen molar-refractivity contribution in [1.29, 1.82) is 0 Å². The van der Waals surface area contributed by atoms with Gasteiger partial charge in [-0.2, -0.15) is 0 Å². The third kappa shape index (κ3) is 3.18. The zero-order valence-corrected chi connectivity index (χ0v) is 12.0. The lowest BCUT2D eigenvalue weighted by atomic mass is 10.0. The highest BCUT2D eigenvalue weighted by Crippen LogP contribution is 2.26. The molecule has 0 radical (unpaired) electrons. The molecule has 18 heavy (non-hydrogen) atoms. The SMILES string of the molecule is CC(N)Cc1csc(-c2ccc(C(C)C)cc2)n1. The molecule has 2 nitrogen and oxygen atoms in total. The van der Waals surface area contributed by atoms with E-state index < -0.39 is 0 Å². The standard InChI is InChI=1S/C15H20N2S/c1-10(2)12-4-6-13(7-5-12)15-17-14(9-18-15)8-11(3)16/h4-7,9-11H,8,16H2,1-3H3. The zero-order chi connectivity index (χ0) is 13.1. The van der Waals surface area contributed by atoms with Gasteiger partial charge in [0.1, 0.15) is 5.01 Å². The monoisotopic (exact) mass is 260 g/mol. The van der Waals surface area contributed by atoms with Gasteiger partial charge in [0.2, 0.25) is 0 Å². The Hall–Kier alpha value is -1.19. The Morgan fingerprint density at radius 3 is 2.39 bits per heavy atom. The van der Waals surface area contributed by atoms with Gasteiger partial charge in [-0.1, -0.05) is 38.1 Å². The predicted octanol–water partition coefficient (Wildman–Crippen LogP) is 3.82. The van der Waals surface area contributed by atoms with Crippen molar-refractivity contribution in [3.05, 3.63) is 40.9 Å². The second-order valence-corrected chi connectivity index (χ2v) is 5.96. The fourth-order valence-corrected chi connectivity index (χ4v) is 2.71. The molecule has 1 heterocycles. The minimum atomic E-state index is 0.170. The molecule has 0 fully saturated rings. The first kappa shape index (κ1) is 13.2. The summed E-state index contributed by atoms with van der Waals surface area (Å²) in [6, 6.07) is 8.86. The van der Waals surface area contributed by atoms with Gasteiger partial charge in [-0.15, -0.1) is 11.3 Å². The van der Waals surface area contributed by atoms with Crippen molar-refractivity contribution in [2.45, 2.75) is 39.2 Å². The molecule has 1 aromatic heterocycles. The molecule has 2 aromatic rings. The van der Waals surface area contributed by atoms with Crippen LogP contribution in [0.2, 0.25) is 0 Å². The molecule has 0 aliphatic heterocycles. The van der Waals surface area contributed by atoms with Crippen LogP contribution in [0.3, 0.4) is 0 Å². The molecule has 0 aliphatic carbocycles. The predicted molar refractivity (Wildman–Crippen MR) is 79.0 cm³/mol. The van der Waals surface area contributed by atoms with Crippen molar-refractivity contribution in [2.24, 2.45) is 5.73 Å². The Morgan fingerprint density at radius 1 is 1.17 bits per heavy atom. The third-order valence-corrected chi connectivity index (χ3v) is 3.85. The van der Waals surface area contributed by atoms with Gasteiger partial charge in [-0.25, -0.2) is 4.98 Å². The Balaban J connectivity index is 2.18. The number of hydrogen-bond donors (Lipinski definition) is 1. The van der Waals surface area contributed by atoms with E-state index >= 15 is 0 Å². The summed E-state index contributed by atoms with van der Waals surface area (Å²) in [4.78, 5) is 4.63. The summed E-state index contributed by atoms with van der Waals surface area (Å²) < 4.78 is 0. The summed E-state index contributed by atoms with van der Waals surface area (Å²) in [7, 11) is 0. The molecule has 96 valence electrons. The molecule has 0 saturated heterocycles. The summed E-state index contributed by atoms with van der Waals surface area (Å²) in [5.41, 5.74) is 9.45. The maximum Gasteiger partial charge on any atom is 0.123 e. The first-order chi connectivity index (χ1) is 8.56. The van der Waals surface area contributed by atoms with Crippen LogP contribution in [-0.2, 0) is 6.42 Å². The van der Waals surface area contributed by atoms with Gasteiger partial charge in [-0.05, 0) is 18.4 Å². The average molecular weight is 260 g/mol. The lowest BCUT2D eigenvalue weighted by Crippen LogP contribution is -2.17. The Labute approximate surface area is 113 Å². The van der Waals surface area contributed by atoms with E-state index in [9.17, 15) is 0 Å². The molecule has 1 aromatic carbocycles. The van der Waals surface area contributed by atoms with Crippen molar-refractivity contribution >= 4 is 11.3 Å². The number of nitrogens with two attached hydrogens (primary N) is 1. The summed E-state index contributed by atoms with van der Waals surface area (Å²) >= 11 is 1.69. The molecule has 0 aliphatic rings. The van der Waals surface area contributed by atoms with Gasteiger partial charge in [-0.3, -0.25) is 0 Å². The van der Waals surface area contributed by atoms with E-state index in [1.165, 1.54) is 11.1 Å². The van der Waals surface area contributed by atoms with Crippen LogP contribution in [0.1, 0.15) is 37.9 Å². The van der Waals surface area contributed by atoms with E-state index in [2.05, 4.69) is 48.5 Å². The van der Waals surface area contributed by atoms with Crippen LogP contribution < -0.4 is 5.73 Å². The van der Waals surface area contributed by atoms with Gasteiger partial charge >= 0.3 is 0 Å². The minimum Gasteiger partial charge on any atom is -0.328 e. The fourth-order valence-electron chi connectivity index (χ4n) is 1.87. The molecule has 0 saturated carbocycles. The van der Waals surface area contributed by atoms with Crippen molar-refractivity contribution in [1.82, 2.24) is 4.98 Å². The smallest absolute Gasteiger partial charge is 0.123 e. The molecule has 0 bridgehead atoms. The van der Waals surface area contributed by atoms with Crippen molar-refractivity contribution < 1.29 is 0 Å². The van der Waals surface area contributed by atoms with Crippen LogP contribution in [0.15, 0.2) is 29.6 Å². The van der Waals surface area contributed by atoms with Gasteiger partial charge in [0.05, 0.1) is 5.69 Å². The van der Waals surface area contributed by atoms with E-state index in [0.29, 0.717) is 5.92 Å². The van der Waals surface area contributed by atoms with Crippen molar-refractivity contribution in [3.8, 4) is 10.6 Å². The van der Waals surface area contributed by atoms with Crippen LogP contribution in [0.4, 0.5) is 0 Å². The number of aromatic nitrogens is 1. The van der Waals surface area contributed by atoms with Crippen molar-refractivity contribution in [3.63, 3.8) is 0 Å². The lowest BCUT2D eigenvalue weighted by molar-refractivity contribution is 0.726. The van der Waals surface area contributed by atoms with Gasteiger partial charge in [0.15, 0.2) is 0 Å². The maximum atomic E-state index is 5.79. The summed E-state index contributed by atoms with van der Waals surface area (Å²) in [5, 5.41) is 3.19. The number of hydrogen-bond acceptors (Lipinski definition) is 3. The van der Waals surface area contributed by atoms with Crippen LogP contribution >= 0.6 is 11.3 Å². The third-order valence-electron chi connectivity index (χ3n) is 2.91. The molecular weight excluding hydrogens is 240 g/mol.